The van der Waals surface area contributed by atoms with Gasteiger partial charge in [-0.15, -0.1) is 0 Å². The molecular formula is C19H18FNO3. The normalized spacial score (nSPS) is 17.2. The van der Waals surface area contributed by atoms with E-state index in [1.54, 1.807) is 12.1 Å². The Balaban J connectivity index is 1.47. The molecule has 0 unspecified atom stereocenters. The summed E-state index contributed by atoms with van der Waals surface area (Å²) in [6, 6.07) is 11.9. The molecule has 2 aromatic carbocycles. The van der Waals surface area contributed by atoms with Gasteiger partial charge in [-0.05, 0) is 48.2 Å². The highest BCUT2D eigenvalue weighted by Crippen LogP contribution is 2.47. The Bertz CT molecular complexity index is 769. The largest absolute Gasteiger partial charge is 0.486 e. The highest BCUT2D eigenvalue weighted by molar-refractivity contribution is 5.80. The van der Waals surface area contributed by atoms with Crippen LogP contribution in [-0.4, -0.2) is 19.1 Å². The van der Waals surface area contributed by atoms with E-state index in [1.165, 1.54) is 12.1 Å². The number of nitrogens with one attached hydrogen (secondary N) is 1. The van der Waals surface area contributed by atoms with Crippen LogP contribution in [0.15, 0.2) is 42.5 Å². The number of fused-ring (bicyclic) bond motifs is 1. The van der Waals surface area contributed by atoms with Crippen molar-refractivity contribution in [3.05, 3.63) is 59.4 Å². The summed E-state index contributed by atoms with van der Waals surface area (Å²) in [6.07, 6.45) is 2.05. The number of ether oxygens (including phenoxy) is 2. The van der Waals surface area contributed by atoms with Gasteiger partial charge >= 0.3 is 0 Å². The maximum absolute atomic E-state index is 12.9. The Morgan fingerprint density at radius 1 is 1.04 bits per heavy atom. The molecule has 2 aromatic rings. The van der Waals surface area contributed by atoms with Crippen LogP contribution in [0.1, 0.15) is 24.0 Å². The molecule has 0 atom stereocenters. The van der Waals surface area contributed by atoms with Gasteiger partial charge in [0.05, 0.1) is 12.0 Å². The summed E-state index contributed by atoms with van der Waals surface area (Å²) in [4.78, 5) is 12.4. The third-order valence-corrected chi connectivity index (χ3v) is 4.50. The smallest absolute Gasteiger partial charge is 0.225 e. The number of amides is 1. The summed E-state index contributed by atoms with van der Waals surface area (Å²) >= 11 is 0. The first-order valence-corrected chi connectivity index (χ1v) is 8.10. The molecule has 2 aliphatic rings. The minimum atomic E-state index is -0.313. The van der Waals surface area contributed by atoms with E-state index in [0.29, 0.717) is 13.2 Å². The second-order valence-electron chi connectivity index (χ2n) is 6.29. The minimum Gasteiger partial charge on any atom is -0.486 e. The first kappa shape index (κ1) is 15.0. The van der Waals surface area contributed by atoms with Crippen LogP contribution in [-0.2, 0) is 16.8 Å². The lowest BCUT2D eigenvalue weighted by molar-refractivity contribution is -0.121. The molecule has 4 rings (SSSR count). The fourth-order valence-electron chi connectivity index (χ4n) is 3.05. The van der Waals surface area contributed by atoms with Gasteiger partial charge in [-0.25, -0.2) is 4.39 Å². The van der Waals surface area contributed by atoms with Crippen LogP contribution in [0, 0.1) is 5.82 Å². The minimum absolute atomic E-state index is 0.0611. The van der Waals surface area contributed by atoms with Gasteiger partial charge in [0.25, 0.3) is 0 Å². The standard InChI is InChI=1S/C19H18FNO3/c20-15-4-1-13(2-5-15)11-18(22)21-19(7-8-19)14-3-6-16-17(12-14)24-10-9-23-16/h1-6,12H,7-11H2,(H,21,22). The number of hydrogen-bond acceptors (Lipinski definition) is 3. The molecule has 0 aromatic heterocycles. The zero-order valence-corrected chi connectivity index (χ0v) is 13.2. The molecule has 1 amide bonds. The molecule has 0 radical (unpaired) electrons. The number of halogens is 1. The Hall–Kier alpha value is -2.56. The lowest BCUT2D eigenvalue weighted by atomic mass is 10.0. The molecule has 1 aliphatic carbocycles. The van der Waals surface area contributed by atoms with Crippen LogP contribution < -0.4 is 14.8 Å². The maximum atomic E-state index is 12.9. The third kappa shape index (κ3) is 2.94. The predicted molar refractivity (Wildman–Crippen MR) is 86.6 cm³/mol. The van der Waals surface area contributed by atoms with Crippen molar-refractivity contribution in [3.63, 3.8) is 0 Å². The highest BCUT2D eigenvalue weighted by Gasteiger charge is 2.46. The molecule has 1 saturated carbocycles. The first-order chi connectivity index (χ1) is 11.6. The van der Waals surface area contributed by atoms with Gasteiger partial charge in [0.2, 0.25) is 5.91 Å². The second kappa shape index (κ2) is 5.82. The van der Waals surface area contributed by atoms with E-state index < -0.39 is 0 Å². The van der Waals surface area contributed by atoms with Crippen LogP contribution >= 0.6 is 0 Å². The van der Waals surface area contributed by atoms with Gasteiger partial charge in [0.1, 0.15) is 19.0 Å². The summed E-state index contributed by atoms with van der Waals surface area (Å²) in [7, 11) is 0. The zero-order chi connectivity index (χ0) is 16.6. The van der Waals surface area contributed by atoms with Gasteiger partial charge < -0.3 is 14.8 Å². The van der Waals surface area contributed by atoms with Crippen molar-refractivity contribution in [2.45, 2.75) is 24.8 Å². The Kier molecular flexibility index (Phi) is 3.63. The predicted octanol–water partition coefficient (Wildman–Crippen LogP) is 2.94. The molecule has 1 heterocycles. The van der Waals surface area contributed by atoms with Gasteiger partial charge in [0, 0.05) is 0 Å². The summed E-state index contributed by atoms with van der Waals surface area (Å²) in [5.41, 5.74) is 1.53. The topological polar surface area (TPSA) is 47.6 Å². The molecule has 4 nitrogen and oxygen atoms in total. The Labute approximate surface area is 139 Å². The first-order valence-electron chi connectivity index (χ1n) is 8.10. The van der Waals surface area contributed by atoms with Crippen LogP contribution in [0.5, 0.6) is 11.5 Å². The van der Waals surface area contributed by atoms with Gasteiger partial charge in [-0.3, -0.25) is 4.79 Å². The molecule has 1 N–H and O–H groups in total. The van der Waals surface area contributed by atoms with E-state index in [-0.39, 0.29) is 23.7 Å². The fourth-order valence-corrected chi connectivity index (χ4v) is 3.05. The quantitative estimate of drug-likeness (QED) is 0.939. The summed E-state index contributed by atoms with van der Waals surface area (Å²) in [5, 5.41) is 3.12. The summed E-state index contributed by atoms with van der Waals surface area (Å²) in [6.45, 7) is 1.10. The van der Waals surface area contributed by atoms with E-state index in [4.69, 9.17) is 9.47 Å². The van der Waals surface area contributed by atoms with E-state index in [2.05, 4.69) is 5.32 Å². The molecular weight excluding hydrogens is 309 g/mol. The average Bonchev–Trinajstić information content (AvgIpc) is 3.37. The van der Waals surface area contributed by atoms with Crippen molar-refractivity contribution < 1.29 is 18.7 Å². The molecule has 0 saturated heterocycles. The lowest BCUT2D eigenvalue weighted by Crippen LogP contribution is -2.36. The van der Waals surface area contributed by atoms with Crippen molar-refractivity contribution in [1.82, 2.24) is 5.32 Å². The second-order valence-corrected chi connectivity index (χ2v) is 6.29. The van der Waals surface area contributed by atoms with Crippen LogP contribution in [0.3, 0.4) is 0 Å². The maximum Gasteiger partial charge on any atom is 0.225 e. The molecule has 5 heteroatoms. The SMILES string of the molecule is O=C(Cc1ccc(F)cc1)NC1(c2ccc3c(c2)OCCO3)CC1. The van der Waals surface area contributed by atoms with Gasteiger partial charge in [-0.2, -0.15) is 0 Å². The fraction of sp³-hybridized carbons (Fsp3) is 0.316. The van der Waals surface area contributed by atoms with Crippen LogP contribution in [0.25, 0.3) is 0 Å². The number of benzene rings is 2. The molecule has 0 bridgehead atoms. The van der Waals surface area contributed by atoms with Crippen molar-refractivity contribution >= 4 is 5.91 Å². The van der Waals surface area contributed by atoms with Crippen molar-refractivity contribution in [1.29, 1.82) is 0 Å². The third-order valence-electron chi connectivity index (χ3n) is 4.50. The Morgan fingerprint density at radius 2 is 1.75 bits per heavy atom. The van der Waals surface area contributed by atoms with E-state index in [0.717, 1.165) is 35.5 Å². The van der Waals surface area contributed by atoms with Gasteiger partial charge in [-0.1, -0.05) is 18.2 Å². The van der Waals surface area contributed by atoms with E-state index >= 15 is 0 Å². The van der Waals surface area contributed by atoms with E-state index in [1.807, 2.05) is 18.2 Å². The Morgan fingerprint density at radius 3 is 2.46 bits per heavy atom. The monoisotopic (exact) mass is 327 g/mol. The molecule has 0 spiro atoms. The molecule has 1 aliphatic heterocycles. The number of rotatable bonds is 4. The van der Waals surface area contributed by atoms with Gasteiger partial charge in [0.15, 0.2) is 11.5 Å². The van der Waals surface area contributed by atoms with Crippen LogP contribution in [0.4, 0.5) is 4.39 Å². The number of hydrogen-bond donors (Lipinski definition) is 1. The van der Waals surface area contributed by atoms with E-state index in [9.17, 15) is 9.18 Å². The van der Waals surface area contributed by atoms with Crippen molar-refractivity contribution in [2.75, 3.05) is 13.2 Å². The highest BCUT2D eigenvalue weighted by atomic mass is 19.1. The average molecular weight is 327 g/mol. The molecule has 1 fully saturated rings. The molecule has 124 valence electrons. The lowest BCUT2D eigenvalue weighted by Gasteiger charge is -2.22. The number of carbonyl (C=O) groups excluding carboxylic acids is 1. The molecule has 24 heavy (non-hydrogen) atoms. The summed E-state index contributed by atoms with van der Waals surface area (Å²) in [5.74, 6) is 1.12. The summed E-state index contributed by atoms with van der Waals surface area (Å²) < 4.78 is 24.1. The zero-order valence-electron chi connectivity index (χ0n) is 13.2. The van der Waals surface area contributed by atoms with Crippen molar-refractivity contribution in [2.24, 2.45) is 0 Å². The number of carbonyl (C=O) groups is 1. The van der Waals surface area contributed by atoms with Crippen molar-refractivity contribution in [3.8, 4) is 11.5 Å². The van der Waals surface area contributed by atoms with Crippen LogP contribution in [0.2, 0.25) is 0 Å².